The first-order valence-electron chi connectivity index (χ1n) is 9.10. The molecule has 1 saturated heterocycles. The molecule has 1 aliphatic heterocycles. The molecule has 0 spiro atoms. The number of nitrogens with zero attached hydrogens (tertiary/aromatic N) is 2. The molecular formula is C22H21N3O2. The van der Waals surface area contributed by atoms with Crippen LogP contribution in [0.2, 0.25) is 0 Å². The van der Waals surface area contributed by atoms with Crippen molar-refractivity contribution in [1.29, 1.82) is 0 Å². The van der Waals surface area contributed by atoms with Crippen LogP contribution in [0.25, 0.3) is 10.8 Å². The van der Waals surface area contributed by atoms with E-state index in [-0.39, 0.29) is 24.2 Å². The maximum Gasteiger partial charge on any atom is 0.227 e. The third-order valence-corrected chi connectivity index (χ3v) is 4.94. The molecule has 2 heterocycles. The summed E-state index contributed by atoms with van der Waals surface area (Å²) in [5, 5.41) is 5.03. The number of anilines is 1. The minimum absolute atomic E-state index is 0.0137. The minimum Gasteiger partial charge on any atom is -0.350 e. The summed E-state index contributed by atoms with van der Waals surface area (Å²) in [5.74, 6) is -0.462. The molecular weight excluding hydrogens is 338 g/mol. The molecule has 1 atom stereocenters. The van der Waals surface area contributed by atoms with Gasteiger partial charge in [-0.2, -0.15) is 0 Å². The number of benzene rings is 2. The molecule has 4 rings (SSSR count). The highest BCUT2D eigenvalue weighted by atomic mass is 16.2. The Hall–Kier alpha value is -3.21. The molecule has 2 aromatic carbocycles. The Kier molecular flexibility index (Phi) is 4.59. The Labute approximate surface area is 158 Å². The highest BCUT2D eigenvalue weighted by Gasteiger charge is 2.35. The lowest BCUT2D eigenvalue weighted by molar-refractivity contribution is -0.126. The van der Waals surface area contributed by atoms with E-state index in [0.717, 1.165) is 27.8 Å². The highest BCUT2D eigenvalue weighted by Crippen LogP contribution is 2.31. The van der Waals surface area contributed by atoms with Gasteiger partial charge in [-0.15, -0.1) is 0 Å². The van der Waals surface area contributed by atoms with Crippen LogP contribution in [-0.2, 0) is 16.1 Å². The largest absolute Gasteiger partial charge is 0.350 e. The molecule has 0 aliphatic carbocycles. The smallest absolute Gasteiger partial charge is 0.227 e. The van der Waals surface area contributed by atoms with Gasteiger partial charge in [-0.25, -0.2) is 0 Å². The second-order valence-corrected chi connectivity index (χ2v) is 6.89. The number of nitrogens with one attached hydrogen (secondary N) is 1. The summed E-state index contributed by atoms with van der Waals surface area (Å²) in [4.78, 5) is 31.3. The van der Waals surface area contributed by atoms with Crippen LogP contribution in [0.15, 0.2) is 60.7 Å². The van der Waals surface area contributed by atoms with E-state index in [1.807, 2.05) is 67.6 Å². The van der Waals surface area contributed by atoms with E-state index in [4.69, 9.17) is 0 Å². The molecule has 136 valence electrons. The van der Waals surface area contributed by atoms with E-state index in [1.165, 1.54) is 0 Å². The molecule has 1 aromatic heterocycles. The molecule has 1 N–H and O–H groups in total. The van der Waals surface area contributed by atoms with Gasteiger partial charge in [-0.3, -0.25) is 14.6 Å². The zero-order valence-electron chi connectivity index (χ0n) is 15.2. The van der Waals surface area contributed by atoms with E-state index < -0.39 is 0 Å². The van der Waals surface area contributed by atoms with Crippen LogP contribution < -0.4 is 10.2 Å². The molecule has 5 heteroatoms. The third-order valence-electron chi connectivity index (χ3n) is 4.94. The quantitative estimate of drug-likeness (QED) is 0.778. The first-order chi connectivity index (χ1) is 13.1. The lowest BCUT2D eigenvalue weighted by Gasteiger charge is -2.19. The normalized spacial score (nSPS) is 16.7. The van der Waals surface area contributed by atoms with Gasteiger partial charge in [0.1, 0.15) is 0 Å². The lowest BCUT2D eigenvalue weighted by Crippen LogP contribution is -2.32. The van der Waals surface area contributed by atoms with E-state index >= 15 is 0 Å². The number of carbonyl (C=O) groups is 2. The molecule has 3 aromatic rings. The molecule has 1 aliphatic rings. The highest BCUT2D eigenvalue weighted by molar-refractivity contribution is 6.06. The maximum absolute atomic E-state index is 12.6. The number of fused-ring (bicyclic) bond motifs is 1. The molecule has 1 fully saturated rings. The number of aromatic nitrogens is 1. The Bertz CT molecular complexity index is 1010. The van der Waals surface area contributed by atoms with Gasteiger partial charge in [0.15, 0.2) is 0 Å². The number of amides is 2. The number of hydrogen-bond donors (Lipinski definition) is 1. The molecule has 2 amide bonds. The van der Waals surface area contributed by atoms with Crippen molar-refractivity contribution in [2.24, 2.45) is 5.92 Å². The SMILES string of the molecule is Cc1cccc(CNC(=O)C2CC(=O)N(c3cccc4ccccc34)C2)n1. The van der Waals surface area contributed by atoms with Crippen molar-refractivity contribution in [3.05, 3.63) is 72.1 Å². The van der Waals surface area contributed by atoms with Gasteiger partial charge in [0.25, 0.3) is 0 Å². The average molecular weight is 359 g/mol. The summed E-state index contributed by atoms with van der Waals surface area (Å²) >= 11 is 0. The van der Waals surface area contributed by atoms with Crippen molar-refractivity contribution in [1.82, 2.24) is 10.3 Å². The average Bonchev–Trinajstić information content (AvgIpc) is 3.07. The van der Waals surface area contributed by atoms with Crippen LogP contribution in [0.1, 0.15) is 17.8 Å². The van der Waals surface area contributed by atoms with Crippen LogP contribution in [0.4, 0.5) is 5.69 Å². The summed E-state index contributed by atoms with van der Waals surface area (Å²) in [6, 6.07) is 19.6. The first-order valence-corrected chi connectivity index (χ1v) is 9.10. The number of hydrogen-bond acceptors (Lipinski definition) is 3. The van der Waals surface area contributed by atoms with Crippen molar-refractivity contribution >= 4 is 28.3 Å². The Morgan fingerprint density at radius 3 is 2.74 bits per heavy atom. The lowest BCUT2D eigenvalue weighted by atomic mass is 10.1. The van der Waals surface area contributed by atoms with Crippen LogP contribution in [0, 0.1) is 12.8 Å². The predicted molar refractivity (Wildman–Crippen MR) is 105 cm³/mol. The van der Waals surface area contributed by atoms with Gasteiger partial charge in [-0.05, 0) is 30.5 Å². The number of aryl methyl sites for hydroxylation is 1. The van der Waals surface area contributed by atoms with Crippen molar-refractivity contribution in [2.45, 2.75) is 19.9 Å². The first kappa shape index (κ1) is 17.2. The van der Waals surface area contributed by atoms with Crippen LogP contribution in [0.3, 0.4) is 0 Å². The van der Waals surface area contributed by atoms with Crippen LogP contribution in [-0.4, -0.2) is 23.3 Å². The van der Waals surface area contributed by atoms with E-state index in [1.54, 1.807) is 4.90 Å². The summed E-state index contributed by atoms with van der Waals surface area (Å²) < 4.78 is 0. The zero-order valence-corrected chi connectivity index (χ0v) is 15.2. The third kappa shape index (κ3) is 3.53. The van der Waals surface area contributed by atoms with Gasteiger partial charge in [0.2, 0.25) is 11.8 Å². The van der Waals surface area contributed by atoms with Crippen LogP contribution >= 0.6 is 0 Å². The fraction of sp³-hybridized carbons (Fsp3) is 0.227. The van der Waals surface area contributed by atoms with Gasteiger partial charge >= 0.3 is 0 Å². The van der Waals surface area contributed by atoms with Crippen molar-refractivity contribution in [3.63, 3.8) is 0 Å². The molecule has 5 nitrogen and oxygen atoms in total. The fourth-order valence-corrected chi connectivity index (χ4v) is 3.58. The topological polar surface area (TPSA) is 62.3 Å². The standard InChI is InChI=1S/C22H21N3O2/c1-15-6-4-9-18(24-15)13-23-22(27)17-12-21(26)25(14-17)20-11-5-8-16-7-2-3-10-19(16)20/h2-11,17H,12-14H2,1H3,(H,23,27). The van der Waals surface area contributed by atoms with Crippen molar-refractivity contribution in [2.75, 3.05) is 11.4 Å². The molecule has 0 bridgehead atoms. The van der Waals surface area contributed by atoms with Gasteiger partial charge in [0.05, 0.1) is 23.8 Å². The molecule has 1 unspecified atom stereocenters. The fourth-order valence-electron chi connectivity index (χ4n) is 3.58. The maximum atomic E-state index is 12.6. The van der Waals surface area contributed by atoms with E-state index in [0.29, 0.717) is 13.1 Å². The van der Waals surface area contributed by atoms with Gasteiger partial charge in [-0.1, -0.05) is 42.5 Å². The van der Waals surface area contributed by atoms with Crippen molar-refractivity contribution in [3.8, 4) is 0 Å². The monoisotopic (exact) mass is 359 g/mol. The Balaban J connectivity index is 1.48. The van der Waals surface area contributed by atoms with Gasteiger partial charge < -0.3 is 10.2 Å². The van der Waals surface area contributed by atoms with E-state index in [9.17, 15) is 9.59 Å². The molecule has 0 saturated carbocycles. The van der Waals surface area contributed by atoms with E-state index in [2.05, 4.69) is 10.3 Å². The summed E-state index contributed by atoms with van der Waals surface area (Å²) in [6.07, 6.45) is 0.232. The van der Waals surface area contributed by atoms with Crippen molar-refractivity contribution < 1.29 is 9.59 Å². The Morgan fingerprint density at radius 1 is 1.11 bits per heavy atom. The van der Waals surface area contributed by atoms with Gasteiger partial charge in [0, 0.05) is 24.0 Å². The summed E-state index contributed by atoms with van der Waals surface area (Å²) in [5.41, 5.74) is 2.60. The molecule has 0 radical (unpaired) electrons. The second kappa shape index (κ2) is 7.19. The molecule has 27 heavy (non-hydrogen) atoms. The summed E-state index contributed by atoms with van der Waals surface area (Å²) in [6.45, 7) is 2.70. The second-order valence-electron chi connectivity index (χ2n) is 6.89. The number of rotatable bonds is 4. The predicted octanol–water partition coefficient (Wildman–Crippen LogP) is 3.21. The number of pyridine rings is 1. The summed E-state index contributed by atoms with van der Waals surface area (Å²) in [7, 11) is 0. The van der Waals surface area contributed by atoms with Crippen LogP contribution in [0.5, 0.6) is 0 Å². The minimum atomic E-state index is -0.346. The Morgan fingerprint density at radius 2 is 1.89 bits per heavy atom. The number of carbonyl (C=O) groups excluding carboxylic acids is 2. The zero-order chi connectivity index (χ0) is 18.8.